The molecule has 0 spiro atoms. The number of sulfone groups is 1. The first kappa shape index (κ1) is 24.8. The Hall–Kier alpha value is -1.28. The van der Waals surface area contributed by atoms with E-state index >= 15 is 0 Å². The number of alkyl halides is 3. The van der Waals surface area contributed by atoms with E-state index in [1.54, 1.807) is 13.1 Å². The predicted octanol–water partition coefficient (Wildman–Crippen LogP) is 1.60. The van der Waals surface area contributed by atoms with Crippen LogP contribution in [-0.4, -0.2) is 70.4 Å². The van der Waals surface area contributed by atoms with Gasteiger partial charge >= 0.3 is 6.36 Å². The zero-order valence-corrected chi connectivity index (χ0v) is 18.5. The van der Waals surface area contributed by atoms with Crippen molar-refractivity contribution in [2.45, 2.75) is 12.9 Å². The molecule has 2 rings (SSSR count). The number of ether oxygens (including phenoxy) is 1. The van der Waals surface area contributed by atoms with E-state index in [2.05, 4.69) is 20.4 Å². The molecule has 2 N–H and O–H groups in total. The molecule has 0 amide bonds. The maximum absolute atomic E-state index is 12.5. The van der Waals surface area contributed by atoms with Gasteiger partial charge in [0.05, 0.1) is 11.5 Å². The molecule has 1 heterocycles. The van der Waals surface area contributed by atoms with Gasteiger partial charge < -0.3 is 15.4 Å². The molecule has 0 aromatic heterocycles. The molecule has 0 saturated carbocycles. The molecule has 12 heteroatoms. The van der Waals surface area contributed by atoms with Crippen LogP contribution >= 0.6 is 24.0 Å². The van der Waals surface area contributed by atoms with E-state index < -0.39 is 16.2 Å². The van der Waals surface area contributed by atoms with Crippen molar-refractivity contribution >= 4 is 39.8 Å². The van der Waals surface area contributed by atoms with Crippen LogP contribution in [0.2, 0.25) is 0 Å². The van der Waals surface area contributed by atoms with Crippen LogP contribution in [0, 0.1) is 0 Å². The number of nitrogens with zero attached hydrogens (tertiary/aromatic N) is 2. The topological polar surface area (TPSA) is 83.0 Å². The van der Waals surface area contributed by atoms with Gasteiger partial charge in [-0.3, -0.25) is 9.89 Å². The number of guanidine groups is 1. The Balaban J connectivity index is 0.00000392. The monoisotopic (exact) mass is 536 g/mol. The van der Waals surface area contributed by atoms with Gasteiger partial charge in [-0.25, -0.2) is 8.42 Å². The number of aliphatic imine (C=N–C) groups is 1. The van der Waals surface area contributed by atoms with Crippen molar-refractivity contribution in [1.29, 1.82) is 0 Å². The fraction of sp³-hybridized carbons (Fsp3) is 0.562. The maximum atomic E-state index is 12.5. The highest BCUT2D eigenvalue weighted by molar-refractivity contribution is 14.0. The molecule has 1 aromatic carbocycles. The van der Waals surface area contributed by atoms with Crippen molar-refractivity contribution in [3.05, 3.63) is 29.8 Å². The first-order chi connectivity index (χ1) is 12.7. The predicted molar refractivity (Wildman–Crippen MR) is 112 cm³/mol. The van der Waals surface area contributed by atoms with Crippen molar-refractivity contribution in [3.63, 3.8) is 0 Å². The van der Waals surface area contributed by atoms with E-state index in [9.17, 15) is 21.6 Å². The maximum Gasteiger partial charge on any atom is 0.573 e. The molecule has 1 aliphatic rings. The van der Waals surface area contributed by atoms with Crippen LogP contribution in [-0.2, 0) is 16.4 Å². The Morgan fingerprint density at radius 1 is 1.21 bits per heavy atom. The summed E-state index contributed by atoms with van der Waals surface area (Å²) in [6.45, 7) is 2.27. The minimum Gasteiger partial charge on any atom is -0.405 e. The Morgan fingerprint density at radius 3 is 2.46 bits per heavy atom. The molecule has 0 atom stereocenters. The van der Waals surface area contributed by atoms with Crippen LogP contribution < -0.4 is 15.4 Å². The summed E-state index contributed by atoms with van der Waals surface area (Å²) in [6.07, 6.45) is -4.75. The van der Waals surface area contributed by atoms with Crippen molar-refractivity contribution in [2.24, 2.45) is 4.99 Å². The SMILES string of the molecule is CN=C(NCCN1CCS(=O)(=O)CC1)NCc1ccccc1OC(F)(F)F.I. The van der Waals surface area contributed by atoms with Gasteiger partial charge in [0.2, 0.25) is 0 Å². The molecule has 1 aromatic rings. The van der Waals surface area contributed by atoms with E-state index in [0.29, 0.717) is 37.7 Å². The standard InChI is InChI=1S/C16H23F3N4O3S.HI/c1-20-15(21-6-7-23-8-10-27(24,25)11-9-23)22-12-13-4-2-3-5-14(13)26-16(17,18)19;/h2-5H,6-12H2,1H3,(H2,20,21,22);1H. The van der Waals surface area contributed by atoms with Crippen molar-refractivity contribution in [3.8, 4) is 5.75 Å². The van der Waals surface area contributed by atoms with Crippen LogP contribution in [0.4, 0.5) is 13.2 Å². The molecule has 1 aliphatic heterocycles. The largest absolute Gasteiger partial charge is 0.573 e. The Morgan fingerprint density at radius 2 is 1.86 bits per heavy atom. The lowest BCUT2D eigenvalue weighted by Gasteiger charge is -2.26. The third-order valence-electron chi connectivity index (χ3n) is 4.03. The molecule has 0 aliphatic carbocycles. The Labute approximate surface area is 179 Å². The average Bonchev–Trinajstić information content (AvgIpc) is 2.59. The summed E-state index contributed by atoms with van der Waals surface area (Å²) < 4.78 is 64.2. The molecule has 0 bridgehead atoms. The number of rotatable bonds is 6. The fourth-order valence-corrected chi connectivity index (χ4v) is 3.86. The first-order valence-corrected chi connectivity index (χ1v) is 10.2. The molecule has 28 heavy (non-hydrogen) atoms. The van der Waals surface area contributed by atoms with Gasteiger partial charge in [0.25, 0.3) is 0 Å². The minimum atomic E-state index is -4.75. The van der Waals surface area contributed by atoms with Crippen LogP contribution in [0.1, 0.15) is 5.56 Å². The summed E-state index contributed by atoms with van der Waals surface area (Å²) in [5, 5.41) is 6.00. The zero-order chi connectivity index (χ0) is 19.9. The molecule has 1 fully saturated rings. The summed E-state index contributed by atoms with van der Waals surface area (Å²) in [4.78, 5) is 6.07. The number of hydrogen-bond donors (Lipinski definition) is 2. The summed E-state index contributed by atoms with van der Waals surface area (Å²) in [7, 11) is -1.35. The van der Waals surface area contributed by atoms with Gasteiger partial charge in [-0.15, -0.1) is 37.1 Å². The molecular formula is C16H24F3IN4O3S. The number of benzene rings is 1. The van der Waals surface area contributed by atoms with Crippen LogP contribution in [0.15, 0.2) is 29.3 Å². The van der Waals surface area contributed by atoms with Crippen LogP contribution in [0.3, 0.4) is 0 Å². The zero-order valence-electron chi connectivity index (χ0n) is 15.3. The van der Waals surface area contributed by atoms with Gasteiger partial charge in [0, 0.05) is 45.3 Å². The second kappa shape index (κ2) is 11.0. The summed E-state index contributed by atoms with van der Waals surface area (Å²) >= 11 is 0. The van der Waals surface area contributed by atoms with E-state index in [1.807, 2.05) is 4.90 Å². The third-order valence-corrected chi connectivity index (χ3v) is 5.63. The van der Waals surface area contributed by atoms with Gasteiger partial charge in [0.1, 0.15) is 5.75 Å². The number of halogens is 4. The van der Waals surface area contributed by atoms with Crippen LogP contribution in [0.25, 0.3) is 0 Å². The quantitative estimate of drug-likeness (QED) is 0.327. The van der Waals surface area contributed by atoms with Crippen LogP contribution in [0.5, 0.6) is 5.75 Å². The van der Waals surface area contributed by atoms with Gasteiger partial charge in [-0.1, -0.05) is 18.2 Å². The van der Waals surface area contributed by atoms with Crippen molar-refractivity contribution in [2.75, 3.05) is 44.7 Å². The van der Waals surface area contributed by atoms with Gasteiger partial charge in [-0.05, 0) is 6.07 Å². The molecule has 0 radical (unpaired) electrons. The molecular weight excluding hydrogens is 512 g/mol. The fourth-order valence-electron chi connectivity index (χ4n) is 2.58. The highest BCUT2D eigenvalue weighted by Crippen LogP contribution is 2.25. The van der Waals surface area contributed by atoms with E-state index in [0.717, 1.165) is 0 Å². The average molecular weight is 536 g/mol. The lowest BCUT2D eigenvalue weighted by Crippen LogP contribution is -2.45. The number of hydrogen-bond acceptors (Lipinski definition) is 5. The first-order valence-electron chi connectivity index (χ1n) is 8.39. The minimum absolute atomic E-state index is 0. The van der Waals surface area contributed by atoms with Gasteiger partial charge in [0.15, 0.2) is 15.8 Å². The summed E-state index contributed by atoms with van der Waals surface area (Å²) in [6, 6.07) is 5.89. The summed E-state index contributed by atoms with van der Waals surface area (Å²) in [5.41, 5.74) is 0.346. The molecule has 7 nitrogen and oxygen atoms in total. The van der Waals surface area contributed by atoms with Crippen molar-refractivity contribution < 1.29 is 26.3 Å². The smallest absolute Gasteiger partial charge is 0.405 e. The van der Waals surface area contributed by atoms with E-state index in [4.69, 9.17) is 0 Å². The van der Waals surface area contributed by atoms with Crippen molar-refractivity contribution in [1.82, 2.24) is 15.5 Å². The molecule has 0 unspecified atom stereocenters. The lowest BCUT2D eigenvalue weighted by atomic mass is 10.2. The molecule has 160 valence electrons. The highest BCUT2D eigenvalue weighted by atomic mass is 127. The van der Waals surface area contributed by atoms with E-state index in [1.165, 1.54) is 18.2 Å². The molecule has 1 saturated heterocycles. The van der Waals surface area contributed by atoms with E-state index in [-0.39, 0.29) is 47.8 Å². The number of nitrogens with one attached hydrogen (secondary N) is 2. The normalized spacial score (nSPS) is 17.5. The third kappa shape index (κ3) is 8.82. The van der Waals surface area contributed by atoms with Gasteiger partial charge in [-0.2, -0.15) is 0 Å². The number of para-hydroxylation sites is 1. The highest BCUT2D eigenvalue weighted by Gasteiger charge is 2.32. The lowest BCUT2D eigenvalue weighted by molar-refractivity contribution is -0.274. The Bertz CT molecular complexity index is 746. The second-order valence-corrected chi connectivity index (χ2v) is 8.31. The second-order valence-electron chi connectivity index (χ2n) is 6.00. The summed E-state index contributed by atoms with van der Waals surface area (Å²) in [5.74, 6) is 0.496. The Kier molecular flexibility index (Phi) is 9.77.